The molecule has 2 heteroatoms. The first-order valence-electron chi connectivity index (χ1n) is 6.97. The van der Waals surface area contributed by atoms with Crippen LogP contribution in [0.4, 0.5) is 0 Å². The fourth-order valence-electron chi connectivity index (χ4n) is 2.66. The lowest BCUT2D eigenvalue weighted by Gasteiger charge is -2.11. The van der Waals surface area contributed by atoms with E-state index in [1.165, 1.54) is 28.5 Å². The highest BCUT2D eigenvalue weighted by Crippen LogP contribution is 2.31. The van der Waals surface area contributed by atoms with E-state index in [0.717, 1.165) is 16.3 Å². The van der Waals surface area contributed by atoms with Gasteiger partial charge in [-0.25, -0.2) is 0 Å². The number of rotatable bonds is 2. The molecule has 0 amide bonds. The van der Waals surface area contributed by atoms with Gasteiger partial charge in [0.05, 0.1) is 6.21 Å². The van der Waals surface area contributed by atoms with Crippen LogP contribution in [0.5, 0.6) is 0 Å². The monoisotopic (exact) mass is 275 g/mol. The molecule has 0 aromatic heterocycles. The fraction of sp³-hybridized carbons (Fsp3) is 0.105. The molecule has 0 atom stereocenters. The molecule has 1 N–H and O–H groups in total. The molecule has 0 aliphatic carbocycles. The summed E-state index contributed by atoms with van der Waals surface area (Å²) in [6.45, 7) is 4.26. The average Bonchev–Trinajstić information content (AvgIpc) is 2.51. The smallest absolute Gasteiger partial charge is 0.0740 e. The van der Waals surface area contributed by atoms with Crippen molar-refractivity contribution in [3.63, 3.8) is 0 Å². The third-order valence-corrected chi connectivity index (χ3v) is 3.97. The SMILES string of the molecule is Cc1ccc(-c2ccc(/C=N\O)c3ccccc23)cc1C. The van der Waals surface area contributed by atoms with Crippen molar-refractivity contribution in [1.82, 2.24) is 0 Å². The molecule has 0 saturated carbocycles. The Balaban J connectivity index is 2.28. The van der Waals surface area contributed by atoms with Crippen molar-refractivity contribution in [2.45, 2.75) is 13.8 Å². The molecule has 21 heavy (non-hydrogen) atoms. The van der Waals surface area contributed by atoms with Gasteiger partial charge in [0.25, 0.3) is 0 Å². The lowest BCUT2D eigenvalue weighted by molar-refractivity contribution is 0.322. The third-order valence-electron chi connectivity index (χ3n) is 3.97. The Hall–Kier alpha value is -2.61. The Bertz CT molecular complexity index is 834. The quantitative estimate of drug-likeness (QED) is 0.401. The van der Waals surface area contributed by atoms with E-state index in [9.17, 15) is 0 Å². The molecule has 3 aromatic carbocycles. The Morgan fingerprint density at radius 1 is 0.857 bits per heavy atom. The van der Waals surface area contributed by atoms with Gasteiger partial charge in [-0.05, 0) is 46.9 Å². The second kappa shape index (κ2) is 5.41. The second-order valence-electron chi connectivity index (χ2n) is 5.29. The maximum absolute atomic E-state index is 8.80. The molecule has 0 aliphatic heterocycles. The van der Waals surface area contributed by atoms with Gasteiger partial charge in [0.2, 0.25) is 0 Å². The van der Waals surface area contributed by atoms with E-state index in [2.05, 4.69) is 55.4 Å². The minimum atomic E-state index is 0.917. The van der Waals surface area contributed by atoms with Crippen molar-refractivity contribution in [1.29, 1.82) is 0 Å². The van der Waals surface area contributed by atoms with Gasteiger partial charge in [-0.3, -0.25) is 0 Å². The number of hydrogen-bond donors (Lipinski definition) is 1. The molecule has 0 heterocycles. The summed E-state index contributed by atoms with van der Waals surface area (Å²) in [5, 5.41) is 14.2. The van der Waals surface area contributed by atoms with Crippen molar-refractivity contribution in [3.8, 4) is 11.1 Å². The van der Waals surface area contributed by atoms with Gasteiger partial charge >= 0.3 is 0 Å². The van der Waals surface area contributed by atoms with Crippen LogP contribution in [0.1, 0.15) is 16.7 Å². The topological polar surface area (TPSA) is 32.6 Å². The zero-order valence-electron chi connectivity index (χ0n) is 12.2. The molecule has 104 valence electrons. The number of nitrogens with zero attached hydrogens (tertiary/aromatic N) is 1. The Labute approximate surface area is 124 Å². The molecular weight excluding hydrogens is 258 g/mol. The predicted molar refractivity (Wildman–Crippen MR) is 88.2 cm³/mol. The minimum Gasteiger partial charge on any atom is -0.411 e. The van der Waals surface area contributed by atoms with Crippen LogP contribution >= 0.6 is 0 Å². The van der Waals surface area contributed by atoms with Crippen LogP contribution in [0.3, 0.4) is 0 Å². The van der Waals surface area contributed by atoms with Crippen molar-refractivity contribution in [2.75, 3.05) is 0 Å². The van der Waals surface area contributed by atoms with E-state index < -0.39 is 0 Å². The van der Waals surface area contributed by atoms with Gasteiger partial charge in [-0.2, -0.15) is 0 Å². The summed E-state index contributed by atoms with van der Waals surface area (Å²) in [7, 11) is 0. The molecule has 3 rings (SSSR count). The Morgan fingerprint density at radius 2 is 1.62 bits per heavy atom. The van der Waals surface area contributed by atoms with Crippen molar-refractivity contribution in [3.05, 3.63) is 71.3 Å². The van der Waals surface area contributed by atoms with E-state index in [1.807, 2.05) is 18.2 Å². The van der Waals surface area contributed by atoms with Crippen LogP contribution in [0.25, 0.3) is 21.9 Å². The van der Waals surface area contributed by atoms with Crippen LogP contribution in [0, 0.1) is 13.8 Å². The van der Waals surface area contributed by atoms with Gasteiger partial charge in [-0.1, -0.05) is 59.8 Å². The summed E-state index contributed by atoms with van der Waals surface area (Å²) < 4.78 is 0. The van der Waals surface area contributed by atoms with Crippen LogP contribution in [-0.4, -0.2) is 11.4 Å². The molecule has 2 nitrogen and oxygen atoms in total. The molecule has 0 aliphatic rings. The summed E-state index contributed by atoms with van der Waals surface area (Å²) in [4.78, 5) is 0. The molecule has 0 radical (unpaired) electrons. The first-order valence-corrected chi connectivity index (χ1v) is 6.97. The summed E-state index contributed by atoms with van der Waals surface area (Å²) in [5.41, 5.74) is 5.91. The van der Waals surface area contributed by atoms with E-state index in [4.69, 9.17) is 5.21 Å². The fourth-order valence-corrected chi connectivity index (χ4v) is 2.66. The zero-order chi connectivity index (χ0) is 14.8. The minimum absolute atomic E-state index is 0.917. The normalized spacial score (nSPS) is 11.3. The van der Waals surface area contributed by atoms with Crippen molar-refractivity contribution >= 4 is 17.0 Å². The molecular formula is C19H17NO. The number of hydrogen-bond acceptors (Lipinski definition) is 2. The van der Waals surface area contributed by atoms with Crippen LogP contribution in [0.2, 0.25) is 0 Å². The molecule has 0 unspecified atom stereocenters. The summed E-state index contributed by atoms with van der Waals surface area (Å²) in [5.74, 6) is 0. The number of benzene rings is 3. The van der Waals surface area contributed by atoms with Gasteiger partial charge in [-0.15, -0.1) is 0 Å². The average molecular weight is 275 g/mol. The zero-order valence-corrected chi connectivity index (χ0v) is 12.2. The van der Waals surface area contributed by atoms with Gasteiger partial charge < -0.3 is 5.21 Å². The summed E-state index contributed by atoms with van der Waals surface area (Å²) in [6.07, 6.45) is 1.48. The third kappa shape index (κ3) is 2.40. The highest BCUT2D eigenvalue weighted by atomic mass is 16.4. The van der Waals surface area contributed by atoms with Crippen LogP contribution in [-0.2, 0) is 0 Å². The van der Waals surface area contributed by atoms with Crippen molar-refractivity contribution in [2.24, 2.45) is 5.16 Å². The van der Waals surface area contributed by atoms with Crippen molar-refractivity contribution < 1.29 is 5.21 Å². The van der Waals surface area contributed by atoms with E-state index in [-0.39, 0.29) is 0 Å². The number of fused-ring (bicyclic) bond motifs is 1. The molecule has 0 fully saturated rings. The number of aryl methyl sites for hydroxylation is 2. The maximum Gasteiger partial charge on any atom is 0.0740 e. The highest BCUT2D eigenvalue weighted by molar-refractivity contribution is 6.06. The van der Waals surface area contributed by atoms with Crippen LogP contribution < -0.4 is 0 Å². The number of oxime groups is 1. The molecule has 3 aromatic rings. The standard InChI is InChI=1S/C19H17NO/c1-13-7-8-15(11-14(13)2)18-10-9-16(12-20-21)17-5-3-4-6-19(17)18/h3-12,21H,1-2H3/b20-12-. The van der Waals surface area contributed by atoms with E-state index in [0.29, 0.717) is 0 Å². The second-order valence-corrected chi connectivity index (χ2v) is 5.29. The Kier molecular flexibility index (Phi) is 3.44. The first kappa shape index (κ1) is 13.4. The Morgan fingerprint density at radius 3 is 2.33 bits per heavy atom. The molecule has 0 bridgehead atoms. The van der Waals surface area contributed by atoms with E-state index in [1.54, 1.807) is 0 Å². The lowest BCUT2D eigenvalue weighted by Crippen LogP contribution is -1.89. The predicted octanol–water partition coefficient (Wildman–Crippen LogP) is 4.93. The lowest BCUT2D eigenvalue weighted by atomic mass is 9.93. The largest absolute Gasteiger partial charge is 0.411 e. The summed E-state index contributed by atoms with van der Waals surface area (Å²) >= 11 is 0. The van der Waals surface area contributed by atoms with Gasteiger partial charge in [0, 0.05) is 5.56 Å². The molecule has 0 spiro atoms. The maximum atomic E-state index is 8.80. The highest BCUT2D eigenvalue weighted by Gasteiger charge is 2.07. The summed E-state index contributed by atoms with van der Waals surface area (Å²) in [6, 6.07) is 18.8. The van der Waals surface area contributed by atoms with Gasteiger partial charge in [0.1, 0.15) is 0 Å². The first-order chi connectivity index (χ1) is 10.2. The molecule has 0 saturated heterocycles. The van der Waals surface area contributed by atoms with Crippen LogP contribution in [0.15, 0.2) is 59.8 Å². The van der Waals surface area contributed by atoms with Gasteiger partial charge in [0.15, 0.2) is 0 Å². The van der Waals surface area contributed by atoms with E-state index >= 15 is 0 Å².